The fourth-order valence-corrected chi connectivity index (χ4v) is 5.99. The molecule has 1 N–H and O–H groups in total. The zero-order chi connectivity index (χ0) is 28.3. The van der Waals surface area contributed by atoms with Gasteiger partial charge in [-0.15, -0.1) is 0 Å². The van der Waals surface area contributed by atoms with E-state index in [1.54, 1.807) is 22.0 Å². The highest BCUT2D eigenvalue weighted by Gasteiger charge is 2.64. The van der Waals surface area contributed by atoms with Crippen LogP contribution in [0.15, 0.2) is 47.3 Å². The van der Waals surface area contributed by atoms with Crippen LogP contribution >= 0.6 is 15.9 Å². The number of halogens is 1. The van der Waals surface area contributed by atoms with Crippen molar-refractivity contribution >= 4 is 50.2 Å². The van der Waals surface area contributed by atoms with Crippen molar-refractivity contribution in [2.75, 3.05) is 5.32 Å². The van der Waals surface area contributed by atoms with Crippen molar-refractivity contribution in [2.24, 2.45) is 5.41 Å². The summed E-state index contributed by atoms with van der Waals surface area (Å²) in [5.74, 6) is 0.482. The molecule has 0 bridgehead atoms. The Morgan fingerprint density at radius 3 is 2.55 bits per heavy atom. The van der Waals surface area contributed by atoms with Crippen LogP contribution in [0.1, 0.15) is 48.6 Å². The van der Waals surface area contributed by atoms with Gasteiger partial charge in [-0.2, -0.15) is 5.10 Å². The fraction of sp³-hybridized carbons (Fsp3) is 0.345. The van der Waals surface area contributed by atoms with E-state index in [4.69, 9.17) is 0 Å². The van der Waals surface area contributed by atoms with Gasteiger partial charge in [0.15, 0.2) is 5.78 Å². The summed E-state index contributed by atoms with van der Waals surface area (Å²) in [5.41, 5.74) is 3.38. The number of aryl methyl sites for hydroxylation is 2. The second kappa shape index (κ2) is 9.58. The van der Waals surface area contributed by atoms with Gasteiger partial charge >= 0.3 is 0 Å². The SMILES string of the molecule is CC(=O)c1nn(CC(=O)N2[C@@H](C(=O)Nc3nc(Br)ccc3C)C[C@@]3(C)C[C@@H]23)c2ccc(-c3cnc(C)nc3)cc12. The summed E-state index contributed by atoms with van der Waals surface area (Å²) in [6.45, 7) is 7.18. The molecular formula is C29H28BrN7O3. The number of hydrogen-bond acceptors (Lipinski definition) is 7. The highest BCUT2D eigenvalue weighted by Crippen LogP contribution is 2.59. The quantitative estimate of drug-likeness (QED) is 0.255. The van der Waals surface area contributed by atoms with Crippen LogP contribution in [-0.4, -0.2) is 59.3 Å². The minimum Gasteiger partial charge on any atom is -0.325 e. The van der Waals surface area contributed by atoms with Crippen molar-refractivity contribution in [3.8, 4) is 11.1 Å². The van der Waals surface area contributed by atoms with Gasteiger partial charge < -0.3 is 10.2 Å². The highest BCUT2D eigenvalue weighted by molar-refractivity contribution is 9.10. The van der Waals surface area contributed by atoms with Gasteiger partial charge in [-0.1, -0.05) is 19.1 Å². The molecule has 3 atom stereocenters. The first-order valence-corrected chi connectivity index (χ1v) is 13.9. The summed E-state index contributed by atoms with van der Waals surface area (Å²) in [7, 11) is 0. The number of hydrogen-bond donors (Lipinski definition) is 1. The Labute approximate surface area is 239 Å². The largest absolute Gasteiger partial charge is 0.325 e. The number of nitrogens with zero attached hydrogens (tertiary/aromatic N) is 6. The second-order valence-electron chi connectivity index (χ2n) is 11.0. The van der Waals surface area contributed by atoms with E-state index in [1.165, 1.54) is 6.92 Å². The molecule has 2 aliphatic rings. The number of ketones is 1. The normalized spacial score (nSPS) is 21.4. The van der Waals surface area contributed by atoms with Gasteiger partial charge in [0.05, 0.1) is 5.52 Å². The second-order valence-corrected chi connectivity index (χ2v) is 11.8. The van der Waals surface area contributed by atoms with Gasteiger partial charge in [-0.05, 0) is 77.4 Å². The molecule has 2 fully saturated rings. The number of amides is 2. The highest BCUT2D eigenvalue weighted by atomic mass is 79.9. The monoisotopic (exact) mass is 601 g/mol. The maximum absolute atomic E-state index is 13.8. The average molecular weight is 602 g/mol. The van der Waals surface area contributed by atoms with Crippen LogP contribution in [0.25, 0.3) is 22.0 Å². The first-order valence-electron chi connectivity index (χ1n) is 13.1. The molecule has 40 heavy (non-hydrogen) atoms. The van der Waals surface area contributed by atoms with Crippen molar-refractivity contribution in [1.29, 1.82) is 0 Å². The molecule has 1 aliphatic heterocycles. The maximum atomic E-state index is 13.8. The summed E-state index contributed by atoms with van der Waals surface area (Å²) >= 11 is 3.35. The Hall–Kier alpha value is -3.99. The van der Waals surface area contributed by atoms with E-state index in [0.29, 0.717) is 39.3 Å². The zero-order valence-corrected chi connectivity index (χ0v) is 24.2. The molecule has 2 amide bonds. The Kier molecular flexibility index (Phi) is 6.29. The Morgan fingerprint density at radius 2 is 1.82 bits per heavy atom. The fourth-order valence-electron chi connectivity index (χ4n) is 5.68. The Morgan fingerprint density at radius 1 is 1.07 bits per heavy atom. The van der Waals surface area contributed by atoms with Crippen molar-refractivity contribution in [1.82, 2.24) is 29.6 Å². The number of carbonyl (C=O) groups is 3. The molecule has 1 saturated carbocycles. The lowest BCUT2D eigenvalue weighted by atomic mass is 10.0. The maximum Gasteiger partial charge on any atom is 0.248 e. The molecule has 204 valence electrons. The number of aromatic nitrogens is 5. The first-order chi connectivity index (χ1) is 19.0. The standard InChI is InChI=1S/C29H28BrN7O3/c1-15-5-8-24(30)33-27(15)34-28(40)22-10-29(4)11-23(29)37(22)25(39)14-36-21-7-6-18(19-12-31-17(3)32-13-19)9-20(21)26(35-36)16(2)38/h5-9,12-13,22-23H,10-11,14H2,1-4H3,(H,33,34,40)/t22-,23-,29+/m1/s1. The summed E-state index contributed by atoms with van der Waals surface area (Å²) in [6, 6.07) is 8.71. The molecule has 0 unspecified atom stereocenters. The van der Waals surface area contributed by atoms with Gasteiger partial charge in [-0.3, -0.25) is 19.1 Å². The molecule has 0 spiro atoms. The van der Waals surface area contributed by atoms with Crippen LogP contribution in [-0.2, 0) is 16.1 Å². The lowest BCUT2D eigenvalue weighted by molar-refractivity contribution is -0.138. The molecule has 1 aromatic carbocycles. The van der Waals surface area contributed by atoms with Crippen LogP contribution in [0, 0.1) is 19.3 Å². The number of nitrogens with one attached hydrogen (secondary N) is 1. The molecule has 1 saturated heterocycles. The lowest BCUT2D eigenvalue weighted by Crippen LogP contribution is -2.47. The molecular weight excluding hydrogens is 574 g/mol. The molecule has 4 aromatic rings. The number of fused-ring (bicyclic) bond motifs is 2. The number of piperidine rings is 1. The van der Waals surface area contributed by atoms with Crippen LogP contribution in [0.2, 0.25) is 0 Å². The molecule has 11 heteroatoms. The molecule has 6 rings (SSSR count). The smallest absolute Gasteiger partial charge is 0.248 e. The summed E-state index contributed by atoms with van der Waals surface area (Å²) in [4.78, 5) is 54.3. The number of carbonyl (C=O) groups excluding carboxylic acids is 3. The third kappa shape index (κ3) is 4.57. The predicted molar refractivity (Wildman–Crippen MR) is 153 cm³/mol. The number of rotatable bonds is 6. The summed E-state index contributed by atoms with van der Waals surface area (Å²) < 4.78 is 2.18. The number of Topliss-reactive ketones (excluding diaryl/α,β-unsaturated/α-hetero) is 1. The number of benzene rings is 1. The van der Waals surface area contributed by atoms with E-state index in [1.807, 2.05) is 44.2 Å². The average Bonchev–Trinajstić information content (AvgIpc) is 3.28. The zero-order valence-electron chi connectivity index (χ0n) is 22.6. The van der Waals surface area contributed by atoms with Crippen molar-refractivity contribution in [3.05, 3.63) is 64.4 Å². The van der Waals surface area contributed by atoms with Gasteiger partial charge in [0.25, 0.3) is 0 Å². The Balaban J connectivity index is 1.29. The van der Waals surface area contributed by atoms with E-state index in [-0.39, 0.29) is 35.6 Å². The Bertz CT molecular complexity index is 1700. The number of anilines is 1. The van der Waals surface area contributed by atoms with Crippen molar-refractivity contribution < 1.29 is 14.4 Å². The third-order valence-corrected chi connectivity index (χ3v) is 8.46. The first kappa shape index (κ1) is 26.2. The summed E-state index contributed by atoms with van der Waals surface area (Å²) in [5, 5.41) is 8.11. The lowest BCUT2D eigenvalue weighted by Gasteiger charge is -2.27. The van der Waals surface area contributed by atoms with Gasteiger partial charge in [0.1, 0.15) is 34.5 Å². The minimum absolute atomic E-state index is 0.00504. The third-order valence-electron chi connectivity index (χ3n) is 8.01. The molecule has 3 aromatic heterocycles. The molecule has 1 aliphatic carbocycles. The predicted octanol–water partition coefficient (Wildman–Crippen LogP) is 4.49. The van der Waals surface area contributed by atoms with Crippen LogP contribution < -0.4 is 5.32 Å². The van der Waals surface area contributed by atoms with Crippen molar-refractivity contribution in [3.63, 3.8) is 0 Å². The minimum atomic E-state index is -0.612. The molecule has 4 heterocycles. The van der Waals surface area contributed by atoms with Gasteiger partial charge in [0.2, 0.25) is 11.8 Å². The van der Waals surface area contributed by atoms with Crippen LogP contribution in [0.4, 0.5) is 5.82 Å². The van der Waals surface area contributed by atoms with E-state index in [2.05, 4.69) is 48.2 Å². The summed E-state index contributed by atoms with van der Waals surface area (Å²) in [6.07, 6.45) is 4.92. The van der Waals surface area contributed by atoms with E-state index < -0.39 is 6.04 Å². The van der Waals surface area contributed by atoms with Gasteiger partial charge in [0, 0.05) is 36.3 Å². The van der Waals surface area contributed by atoms with Crippen LogP contribution in [0.5, 0.6) is 0 Å². The van der Waals surface area contributed by atoms with Crippen molar-refractivity contribution in [2.45, 2.75) is 59.2 Å². The van der Waals surface area contributed by atoms with Gasteiger partial charge in [-0.25, -0.2) is 15.0 Å². The van der Waals surface area contributed by atoms with Crippen LogP contribution in [0.3, 0.4) is 0 Å². The van der Waals surface area contributed by atoms with E-state index in [0.717, 1.165) is 23.1 Å². The molecule has 10 nitrogen and oxygen atoms in total. The number of likely N-dealkylation sites (tertiary alicyclic amines) is 1. The topological polar surface area (TPSA) is 123 Å². The molecule has 0 radical (unpaired) electrons. The van der Waals surface area contributed by atoms with E-state index >= 15 is 0 Å². The number of pyridine rings is 1. The van der Waals surface area contributed by atoms with E-state index in [9.17, 15) is 14.4 Å².